The summed E-state index contributed by atoms with van der Waals surface area (Å²) in [5, 5.41) is 22.6. The lowest BCUT2D eigenvalue weighted by molar-refractivity contribution is 0.319. The predicted octanol–water partition coefficient (Wildman–Crippen LogP) is 3.82. The van der Waals surface area contributed by atoms with Crippen LogP contribution in [0, 0.1) is 0 Å². The number of oxime groups is 1. The molecular formula is C17H21NO4. The number of aryl methyl sites for hydroxylation is 1. The highest BCUT2D eigenvalue weighted by molar-refractivity contribution is 6.00. The van der Waals surface area contributed by atoms with Gasteiger partial charge < -0.3 is 14.7 Å². The maximum Gasteiger partial charge on any atom is 0.345 e. The molecule has 0 aliphatic carbocycles. The van der Waals surface area contributed by atoms with E-state index >= 15 is 0 Å². The van der Waals surface area contributed by atoms with Gasteiger partial charge in [-0.3, -0.25) is 0 Å². The first-order valence-corrected chi connectivity index (χ1v) is 7.55. The van der Waals surface area contributed by atoms with Crippen molar-refractivity contribution in [2.24, 2.45) is 5.16 Å². The Labute approximate surface area is 128 Å². The molecule has 2 rings (SSSR count). The minimum Gasteiger partial charge on any atom is -0.508 e. The minimum absolute atomic E-state index is 0.146. The molecule has 0 spiro atoms. The third-order valence-electron chi connectivity index (χ3n) is 3.77. The van der Waals surface area contributed by atoms with Crippen molar-refractivity contribution in [3.8, 4) is 5.75 Å². The van der Waals surface area contributed by atoms with Crippen LogP contribution in [0.1, 0.15) is 50.7 Å². The van der Waals surface area contributed by atoms with Crippen molar-refractivity contribution < 1.29 is 14.7 Å². The number of benzene rings is 1. The molecule has 5 nitrogen and oxygen atoms in total. The summed E-state index contributed by atoms with van der Waals surface area (Å²) in [4.78, 5) is 11.8. The molecule has 0 aliphatic rings. The first-order valence-electron chi connectivity index (χ1n) is 7.55. The van der Waals surface area contributed by atoms with Crippen molar-refractivity contribution in [2.45, 2.75) is 46.0 Å². The fourth-order valence-corrected chi connectivity index (χ4v) is 2.45. The summed E-state index contributed by atoms with van der Waals surface area (Å²) in [6.45, 7) is 3.69. The summed E-state index contributed by atoms with van der Waals surface area (Å²) < 4.78 is 5.19. The average molecular weight is 303 g/mol. The van der Waals surface area contributed by atoms with Gasteiger partial charge in [-0.2, -0.15) is 0 Å². The second kappa shape index (κ2) is 7.11. The quantitative estimate of drug-likeness (QED) is 0.279. The van der Waals surface area contributed by atoms with E-state index < -0.39 is 5.63 Å². The Morgan fingerprint density at radius 3 is 2.68 bits per heavy atom. The number of hydrogen-bond donors (Lipinski definition) is 2. The van der Waals surface area contributed by atoms with Gasteiger partial charge in [-0.15, -0.1) is 0 Å². The van der Waals surface area contributed by atoms with E-state index in [-0.39, 0.29) is 17.0 Å². The highest BCUT2D eigenvalue weighted by atomic mass is 16.4. The van der Waals surface area contributed by atoms with Gasteiger partial charge >= 0.3 is 5.63 Å². The van der Waals surface area contributed by atoms with Crippen LogP contribution < -0.4 is 5.63 Å². The third kappa shape index (κ3) is 3.47. The van der Waals surface area contributed by atoms with Crippen molar-refractivity contribution in [1.29, 1.82) is 0 Å². The number of hydrogen-bond acceptors (Lipinski definition) is 5. The molecule has 0 atom stereocenters. The molecule has 0 bridgehead atoms. The van der Waals surface area contributed by atoms with Gasteiger partial charge in [-0.1, -0.05) is 31.3 Å². The smallest absolute Gasteiger partial charge is 0.345 e. The molecule has 118 valence electrons. The zero-order valence-corrected chi connectivity index (χ0v) is 12.9. The molecule has 1 aromatic carbocycles. The fraction of sp³-hybridized carbons (Fsp3) is 0.412. The lowest BCUT2D eigenvalue weighted by Crippen LogP contribution is -2.12. The summed E-state index contributed by atoms with van der Waals surface area (Å²) in [7, 11) is 0. The summed E-state index contributed by atoms with van der Waals surface area (Å²) in [6.07, 6.45) is 5.26. The van der Waals surface area contributed by atoms with E-state index in [1.54, 1.807) is 6.07 Å². The van der Waals surface area contributed by atoms with Crippen molar-refractivity contribution >= 4 is 16.7 Å². The second-order valence-electron chi connectivity index (χ2n) is 5.46. The van der Waals surface area contributed by atoms with Gasteiger partial charge in [0.25, 0.3) is 0 Å². The maximum absolute atomic E-state index is 11.8. The van der Waals surface area contributed by atoms with Crippen LogP contribution in [0.5, 0.6) is 5.75 Å². The largest absolute Gasteiger partial charge is 0.508 e. The fourth-order valence-electron chi connectivity index (χ4n) is 2.45. The number of aromatic hydroxyl groups is 1. The molecule has 5 heteroatoms. The Morgan fingerprint density at radius 2 is 2.00 bits per heavy atom. The zero-order chi connectivity index (χ0) is 16.1. The van der Waals surface area contributed by atoms with Crippen LogP contribution in [0.4, 0.5) is 0 Å². The van der Waals surface area contributed by atoms with Crippen molar-refractivity contribution in [1.82, 2.24) is 0 Å². The molecule has 0 saturated heterocycles. The number of unbranched alkanes of at least 4 members (excludes halogenated alkanes) is 3. The molecule has 0 radical (unpaired) electrons. The number of phenolic OH excluding ortho intramolecular Hbond substituents is 1. The molecule has 1 heterocycles. The van der Waals surface area contributed by atoms with Crippen LogP contribution in [-0.2, 0) is 6.42 Å². The van der Waals surface area contributed by atoms with E-state index in [0.717, 1.165) is 31.2 Å². The number of rotatable bonds is 6. The zero-order valence-electron chi connectivity index (χ0n) is 12.9. The van der Waals surface area contributed by atoms with Gasteiger partial charge in [0.05, 0.1) is 11.3 Å². The molecule has 1 aromatic heterocycles. The van der Waals surface area contributed by atoms with E-state index in [1.165, 1.54) is 19.4 Å². The number of nitrogens with zero attached hydrogens (tertiary/aromatic N) is 1. The molecule has 22 heavy (non-hydrogen) atoms. The van der Waals surface area contributed by atoms with Gasteiger partial charge in [0.1, 0.15) is 11.3 Å². The van der Waals surface area contributed by atoms with Crippen molar-refractivity contribution in [3.63, 3.8) is 0 Å². The van der Waals surface area contributed by atoms with Crippen LogP contribution in [0.3, 0.4) is 0 Å². The van der Waals surface area contributed by atoms with Crippen LogP contribution in [0.15, 0.2) is 32.6 Å². The highest BCUT2D eigenvalue weighted by Crippen LogP contribution is 2.26. The summed E-state index contributed by atoms with van der Waals surface area (Å²) in [5.74, 6) is 0.146. The van der Waals surface area contributed by atoms with E-state index in [1.807, 2.05) is 6.07 Å². The molecule has 0 aliphatic heterocycles. The van der Waals surface area contributed by atoms with Crippen LogP contribution in [-0.4, -0.2) is 16.0 Å². The molecule has 0 unspecified atom stereocenters. The maximum atomic E-state index is 11.8. The lowest BCUT2D eigenvalue weighted by atomic mass is 10.0. The van der Waals surface area contributed by atoms with Gasteiger partial charge in [-0.05, 0) is 37.5 Å². The molecular weight excluding hydrogens is 282 g/mol. The van der Waals surface area contributed by atoms with Crippen molar-refractivity contribution in [3.05, 3.63) is 39.7 Å². The van der Waals surface area contributed by atoms with E-state index in [4.69, 9.17) is 9.62 Å². The Bertz CT molecular complexity index is 746. The molecule has 2 N–H and O–H groups in total. The van der Waals surface area contributed by atoms with E-state index in [2.05, 4.69) is 12.1 Å². The third-order valence-corrected chi connectivity index (χ3v) is 3.77. The first-order chi connectivity index (χ1) is 10.6. The normalized spacial score (nSPS) is 12.0. The summed E-state index contributed by atoms with van der Waals surface area (Å²) >= 11 is 0. The van der Waals surface area contributed by atoms with E-state index in [0.29, 0.717) is 11.0 Å². The average Bonchev–Trinajstić information content (AvgIpc) is 2.51. The van der Waals surface area contributed by atoms with Gasteiger partial charge in [0.2, 0.25) is 0 Å². The Kier molecular flexibility index (Phi) is 5.20. The van der Waals surface area contributed by atoms with Gasteiger partial charge in [0.15, 0.2) is 0 Å². The second-order valence-corrected chi connectivity index (χ2v) is 5.46. The molecule has 2 aromatic rings. The highest BCUT2D eigenvalue weighted by Gasteiger charge is 2.11. The van der Waals surface area contributed by atoms with Crippen LogP contribution in [0.25, 0.3) is 11.0 Å². The lowest BCUT2D eigenvalue weighted by Gasteiger charge is -2.07. The minimum atomic E-state index is -0.585. The topological polar surface area (TPSA) is 83.0 Å². The van der Waals surface area contributed by atoms with Crippen LogP contribution >= 0.6 is 0 Å². The Balaban J connectivity index is 2.38. The molecule has 0 fully saturated rings. The Morgan fingerprint density at radius 1 is 1.23 bits per heavy atom. The standard InChI is InChI=1S/C17H21NO4/c1-3-4-5-6-7-12-8-13-9-14(11(2)18-21)17(20)22-16(13)10-15(12)19/h8-10,19,21H,3-7H2,1-2H3/b18-11-. The monoisotopic (exact) mass is 303 g/mol. The van der Waals surface area contributed by atoms with Crippen molar-refractivity contribution in [2.75, 3.05) is 0 Å². The predicted molar refractivity (Wildman–Crippen MR) is 86.0 cm³/mol. The Hall–Kier alpha value is -2.30. The summed E-state index contributed by atoms with van der Waals surface area (Å²) in [5.41, 5.74) is 1.00. The number of fused-ring (bicyclic) bond motifs is 1. The molecule has 0 amide bonds. The summed E-state index contributed by atoms with van der Waals surface area (Å²) in [6, 6.07) is 4.93. The van der Waals surface area contributed by atoms with Gasteiger partial charge in [-0.25, -0.2) is 4.79 Å². The molecule has 0 saturated carbocycles. The first kappa shape index (κ1) is 16.1. The number of phenols is 1. The van der Waals surface area contributed by atoms with Crippen LogP contribution in [0.2, 0.25) is 0 Å². The van der Waals surface area contributed by atoms with E-state index in [9.17, 15) is 9.90 Å². The SMILES string of the molecule is CCCCCCc1cc2cc(/C(C)=N\O)c(=O)oc2cc1O. The van der Waals surface area contributed by atoms with Gasteiger partial charge in [0, 0.05) is 11.5 Å².